The van der Waals surface area contributed by atoms with E-state index in [1.165, 1.54) is 42.5 Å². The molecular weight excluding hydrogens is 425 g/mol. The maximum absolute atomic E-state index is 13.4. The second kappa shape index (κ2) is 9.85. The van der Waals surface area contributed by atoms with Crippen molar-refractivity contribution in [3.05, 3.63) is 77.6 Å². The number of amides is 1. The number of halogens is 1. The number of nitrogens with zero attached hydrogens (tertiary/aromatic N) is 2. The first-order chi connectivity index (χ1) is 15.6. The Kier molecular flexibility index (Phi) is 7.16. The van der Waals surface area contributed by atoms with Crippen molar-refractivity contribution >= 4 is 17.4 Å². The summed E-state index contributed by atoms with van der Waals surface area (Å²) in [5.74, 6) is -0.998. The summed E-state index contributed by atoms with van der Waals surface area (Å²) in [6.45, 7) is 7.64. The van der Waals surface area contributed by atoms with Crippen LogP contribution in [0.4, 0.5) is 4.39 Å². The number of methoxy groups -OCH3 is 1. The lowest BCUT2D eigenvalue weighted by Gasteiger charge is -2.29. The number of esters is 1. The molecule has 0 unspecified atom stereocenters. The van der Waals surface area contributed by atoms with Gasteiger partial charge in [-0.15, -0.1) is 0 Å². The fourth-order valence-corrected chi connectivity index (χ4v) is 3.53. The van der Waals surface area contributed by atoms with Crippen molar-refractivity contribution in [2.75, 3.05) is 13.7 Å². The number of fused-ring (bicyclic) bond motifs is 1. The van der Waals surface area contributed by atoms with Gasteiger partial charge >= 0.3 is 5.97 Å². The lowest BCUT2D eigenvalue weighted by atomic mass is 9.83. The SMILES string of the molecule is COc1ccc[nH]c2c(cn1)C(C)(C)CN(C(=O)c1ccc(F)cc1)C=C2C(=O)OC(C)C. The number of nitrogens with one attached hydrogen (secondary N) is 1. The van der Waals surface area contributed by atoms with Crippen LogP contribution in [0, 0.1) is 5.82 Å². The number of carbonyl (C=O) groups is 2. The average molecular weight is 454 g/mol. The topological polar surface area (TPSA) is 84.5 Å². The second-order valence-corrected chi connectivity index (χ2v) is 8.58. The van der Waals surface area contributed by atoms with Crippen molar-refractivity contribution in [2.24, 2.45) is 0 Å². The molecule has 1 aromatic heterocycles. The Morgan fingerprint density at radius 2 is 1.88 bits per heavy atom. The first-order valence-corrected chi connectivity index (χ1v) is 10.6. The van der Waals surface area contributed by atoms with Crippen LogP contribution in [0.1, 0.15) is 49.3 Å². The molecule has 1 N–H and O–H groups in total. The van der Waals surface area contributed by atoms with Gasteiger partial charge in [0, 0.05) is 47.7 Å². The summed E-state index contributed by atoms with van der Waals surface area (Å²) in [7, 11) is 1.52. The minimum atomic E-state index is -0.630. The summed E-state index contributed by atoms with van der Waals surface area (Å²) in [4.78, 5) is 35.5. The van der Waals surface area contributed by atoms with Crippen LogP contribution >= 0.6 is 0 Å². The third-order valence-electron chi connectivity index (χ3n) is 5.13. The first kappa shape index (κ1) is 24.0. The molecule has 7 nitrogen and oxygen atoms in total. The van der Waals surface area contributed by atoms with E-state index in [4.69, 9.17) is 9.47 Å². The molecule has 0 spiro atoms. The van der Waals surface area contributed by atoms with Crippen LogP contribution in [-0.4, -0.2) is 46.5 Å². The van der Waals surface area contributed by atoms with E-state index in [0.717, 1.165) is 0 Å². The van der Waals surface area contributed by atoms with Gasteiger partial charge in [-0.05, 0) is 44.2 Å². The van der Waals surface area contributed by atoms with Crippen LogP contribution < -0.4 is 4.74 Å². The number of benzene rings is 1. The molecule has 0 atom stereocenters. The molecule has 2 aromatic rings. The van der Waals surface area contributed by atoms with Gasteiger partial charge in [0.15, 0.2) is 0 Å². The van der Waals surface area contributed by atoms with Crippen LogP contribution in [0.5, 0.6) is 5.88 Å². The standard InChI is InChI=1S/C25H28FN3O4/c1-16(2)33-24(31)19-14-29(23(30)17-8-10-18(26)11-9-17)15-25(3,4)20-13-28-21(32-5)7-6-12-27-22(19)20/h6-14,16,27H,15H2,1-5H3. The quantitative estimate of drug-likeness (QED) is 0.694. The number of aromatic nitrogens is 2. The van der Waals surface area contributed by atoms with Crippen molar-refractivity contribution < 1.29 is 23.5 Å². The second-order valence-electron chi connectivity index (χ2n) is 8.58. The zero-order chi connectivity index (χ0) is 24.2. The van der Waals surface area contributed by atoms with Crippen molar-refractivity contribution in [2.45, 2.75) is 39.2 Å². The summed E-state index contributed by atoms with van der Waals surface area (Å²) < 4.78 is 24.2. The summed E-state index contributed by atoms with van der Waals surface area (Å²) in [5, 5.41) is 0. The van der Waals surface area contributed by atoms with Gasteiger partial charge in [-0.1, -0.05) is 13.8 Å². The molecule has 3 rings (SSSR count). The fraction of sp³-hybridized carbons (Fsp3) is 0.320. The molecule has 2 heterocycles. The van der Waals surface area contributed by atoms with Crippen LogP contribution in [0.15, 0.2) is 55.0 Å². The molecule has 1 aliphatic heterocycles. The highest BCUT2D eigenvalue weighted by Crippen LogP contribution is 2.34. The maximum atomic E-state index is 13.4. The monoisotopic (exact) mass is 453 g/mol. The van der Waals surface area contributed by atoms with Crippen molar-refractivity contribution in [3.63, 3.8) is 0 Å². The van der Waals surface area contributed by atoms with E-state index in [-0.39, 0.29) is 24.1 Å². The molecule has 0 saturated heterocycles. The minimum Gasteiger partial charge on any atom is -0.481 e. The smallest absolute Gasteiger partial charge is 0.342 e. The molecule has 0 aliphatic carbocycles. The maximum Gasteiger partial charge on any atom is 0.342 e. The largest absolute Gasteiger partial charge is 0.481 e. The summed E-state index contributed by atoms with van der Waals surface area (Å²) in [6, 6.07) is 8.68. The Hall–Kier alpha value is -3.68. The van der Waals surface area contributed by atoms with E-state index in [0.29, 0.717) is 22.7 Å². The minimum absolute atomic E-state index is 0.178. The fourth-order valence-electron chi connectivity index (χ4n) is 3.53. The number of hydrogen-bond donors (Lipinski definition) is 1. The number of ether oxygens (including phenoxy) is 2. The molecule has 33 heavy (non-hydrogen) atoms. The van der Waals surface area contributed by atoms with Gasteiger partial charge in [-0.3, -0.25) is 4.79 Å². The highest BCUT2D eigenvalue weighted by molar-refractivity contribution is 6.17. The van der Waals surface area contributed by atoms with Crippen LogP contribution in [-0.2, 0) is 14.9 Å². The van der Waals surface area contributed by atoms with E-state index >= 15 is 0 Å². The Bertz CT molecular complexity index is 1120. The molecule has 0 bridgehead atoms. The molecular formula is C25H28FN3O4. The Morgan fingerprint density at radius 3 is 2.52 bits per heavy atom. The number of hydrogen-bond acceptors (Lipinski definition) is 5. The molecule has 0 saturated carbocycles. The zero-order valence-electron chi connectivity index (χ0n) is 19.4. The third kappa shape index (κ3) is 5.58. The lowest BCUT2D eigenvalue weighted by molar-refractivity contribution is -0.140. The van der Waals surface area contributed by atoms with Crippen molar-refractivity contribution in [1.82, 2.24) is 14.9 Å². The van der Waals surface area contributed by atoms with E-state index in [2.05, 4.69) is 9.97 Å². The molecule has 8 heteroatoms. The zero-order valence-corrected chi connectivity index (χ0v) is 19.4. The third-order valence-corrected chi connectivity index (χ3v) is 5.13. The summed E-state index contributed by atoms with van der Waals surface area (Å²) in [5.41, 5.74) is 1.02. The summed E-state index contributed by atoms with van der Waals surface area (Å²) in [6.07, 6.45) is 4.42. The van der Waals surface area contributed by atoms with Crippen LogP contribution in [0.25, 0.3) is 5.57 Å². The average Bonchev–Trinajstić information content (AvgIpc) is 2.81. The van der Waals surface area contributed by atoms with E-state index in [9.17, 15) is 14.0 Å². The molecule has 0 radical (unpaired) electrons. The normalized spacial score (nSPS) is 14.5. The van der Waals surface area contributed by atoms with Gasteiger partial charge in [-0.25, -0.2) is 14.2 Å². The van der Waals surface area contributed by atoms with Crippen LogP contribution in [0.2, 0.25) is 0 Å². The molecule has 174 valence electrons. The predicted octanol–water partition coefficient (Wildman–Crippen LogP) is 4.41. The highest BCUT2D eigenvalue weighted by Gasteiger charge is 2.35. The number of rotatable bonds is 4. The van der Waals surface area contributed by atoms with Gasteiger partial charge in [0.05, 0.1) is 24.5 Å². The molecule has 1 aliphatic rings. The highest BCUT2D eigenvalue weighted by atomic mass is 19.1. The van der Waals surface area contributed by atoms with Crippen LogP contribution in [0.3, 0.4) is 0 Å². The van der Waals surface area contributed by atoms with Gasteiger partial charge in [0.2, 0.25) is 5.88 Å². The first-order valence-electron chi connectivity index (χ1n) is 10.6. The van der Waals surface area contributed by atoms with Gasteiger partial charge < -0.3 is 19.4 Å². The van der Waals surface area contributed by atoms with E-state index < -0.39 is 17.2 Å². The van der Waals surface area contributed by atoms with Crippen molar-refractivity contribution in [3.8, 4) is 5.88 Å². The van der Waals surface area contributed by atoms with Gasteiger partial charge in [0.25, 0.3) is 5.91 Å². The van der Waals surface area contributed by atoms with Gasteiger partial charge in [-0.2, -0.15) is 0 Å². The number of carbonyl (C=O) groups excluding carboxylic acids is 2. The molecule has 1 amide bonds. The lowest BCUT2D eigenvalue weighted by Crippen LogP contribution is -2.37. The number of aromatic amines is 1. The summed E-state index contributed by atoms with van der Waals surface area (Å²) >= 11 is 0. The van der Waals surface area contributed by atoms with Crippen molar-refractivity contribution in [1.29, 1.82) is 0 Å². The van der Waals surface area contributed by atoms with Gasteiger partial charge in [0.1, 0.15) is 5.82 Å². The Morgan fingerprint density at radius 1 is 1.18 bits per heavy atom. The molecule has 0 fully saturated rings. The predicted molar refractivity (Wildman–Crippen MR) is 122 cm³/mol. The van der Waals surface area contributed by atoms with E-state index in [1.54, 1.807) is 38.4 Å². The molecule has 1 aromatic carbocycles. The Balaban J connectivity index is 2.23. The number of H-pyrrole nitrogens is 1. The van der Waals surface area contributed by atoms with E-state index in [1.807, 2.05) is 13.8 Å². The Labute approximate surface area is 192 Å².